The van der Waals surface area contributed by atoms with E-state index in [0.29, 0.717) is 18.3 Å². The number of thiazole rings is 1. The van der Waals surface area contributed by atoms with Gasteiger partial charge in [0.2, 0.25) is 0 Å². The summed E-state index contributed by atoms with van der Waals surface area (Å²) < 4.78 is 0. The van der Waals surface area contributed by atoms with Crippen LogP contribution in [0.15, 0.2) is 5.38 Å². The van der Waals surface area contributed by atoms with Gasteiger partial charge in [0, 0.05) is 18.0 Å². The zero-order valence-electron chi connectivity index (χ0n) is 12.1. The van der Waals surface area contributed by atoms with Crippen LogP contribution in [0.5, 0.6) is 0 Å². The van der Waals surface area contributed by atoms with Gasteiger partial charge in [-0.05, 0) is 40.8 Å². The zero-order chi connectivity index (χ0) is 14.4. The van der Waals surface area contributed by atoms with Crippen LogP contribution >= 0.6 is 11.3 Å². The second kappa shape index (κ2) is 7.57. The van der Waals surface area contributed by atoms with Crippen LogP contribution in [-0.4, -0.2) is 42.0 Å². The minimum Gasteiger partial charge on any atom is -0.351 e. The molecule has 1 amide bonds. The van der Waals surface area contributed by atoms with Gasteiger partial charge in [0.1, 0.15) is 10.7 Å². The standard InChI is InChI=1S/C13H24N4OS/c1-9(2)17(4)7-5-6-15-12(18)11-8-19-13(16-11)10(3)14/h8-10H,5-7,14H2,1-4H3,(H,15,18). The molecular weight excluding hydrogens is 260 g/mol. The van der Waals surface area contributed by atoms with E-state index in [1.165, 1.54) is 11.3 Å². The van der Waals surface area contributed by atoms with Crippen LogP contribution in [0.3, 0.4) is 0 Å². The topological polar surface area (TPSA) is 71.2 Å². The molecule has 1 heterocycles. The molecule has 6 heteroatoms. The van der Waals surface area contributed by atoms with Crippen molar-refractivity contribution in [2.24, 2.45) is 5.73 Å². The first-order valence-electron chi connectivity index (χ1n) is 6.61. The Morgan fingerprint density at radius 2 is 2.21 bits per heavy atom. The summed E-state index contributed by atoms with van der Waals surface area (Å²) in [6, 6.07) is 0.411. The molecule has 3 N–H and O–H groups in total. The van der Waals surface area contributed by atoms with Gasteiger partial charge in [-0.2, -0.15) is 0 Å². The van der Waals surface area contributed by atoms with Gasteiger partial charge in [0.25, 0.3) is 5.91 Å². The monoisotopic (exact) mass is 284 g/mol. The van der Waals surface area contributed by atoms with Gasteiger partial charge in [0.05, 0.1) is 6.04 Å². The van der Waals surface area contributed by atoms with Gasteiger partial charge in [-0.25, -0.2) is 4.98 Å². The third-order valence-electron chi connectivity index (χ3n) is 3.00. The van der Waals surface area contributed by atoms with Gasteiger partial charge < -0.3 is 16.0 Å². The molecule has 108 valence electrons. The number of amides is 1. The van der Waals surface area contributed by atoms with Crippen molar-refractivity contribution in [3.05, 3.63) is 16.1 Å². The summed E-state index contributed by atoms with van der Waals surface area (Å²) >= 11 is 1.43. The lowest BCUT2D eigenvalue weighted by molar-refractivity contribution is 0.0947. The highest BCUT2D eigenvalue weighted by atomic mass is 32.1. The molecule has 5 nitrogen and oxygen atoms in total. The lowest BCUT2D eigenvalue weighted by Gasteiger charge is -2.20. The van der Waals surface area contributed by atoms with Crippen LogP contribution in [-0.2, 0) is 0 Å². The Balaban J connectivity index is 2.31. The smallest absolute Gasteiger partial charge is 0.270 e. The maximum atomic E-state index is 11.8. The molecule has 0 aromatic carbocycles. The van der Waals surface area contributed by atoms with Crippen LogP contribution in [0.1, 0.15) is 48.7 Å². The molecule has 0 radical (unpaired) electrons. The number of carbonyl (C=O) groups excluding carboxylic acids is 1. The summed E-state index contributed by atoms with van der Waals surface area (Å²) in [5.74, 6) is -0.115. The first kappa shape index (κ1) is 16.1. The Labute approximate surface area is 119 Å². The van der Waals surface area contributed by atoms with Crippen molar-refractivity contribution in [1.82, 2.24) is 15.2 Å². The molecule has 1 atom stereocenters. The van der Waals surface area contributed by atoms with Gasteiger partial charge in [0.15, 0.2) is 0 Å². The fourth-order valence-electron chi connectivity index (χ4n) is 1.48. The molecule has 0 fully saturated rings. The quantitative estimate of drug-likeness (QED) is 0.746. The normalized spacial score (nSPS) is 13.0. The van der Waals surface area contributed by atoms with E-state index in [-0.39, 0.29) is 11.9 Å². The summed E-state index contributed by atoms with van der Waals surface area (Å²) in [7, 11) is 2.09. The van der Waals surface area contributed by atoms with Gasteiger partial charge in [-0.1, -0.05) is 0 Å². The first-order valence-corrected chi connectivity index (χ1v) is 7.49. The minimum absolute atomic E-state index is 0.115. The van der Waals surface area contributed by atoms with E-state index in [2.05, 4.69) is 36.1 Å². The van der Waals surface area contributed by atoms with Crippen molar-refractivity contribution in [2.45, 2.75) is 39.3 Å². The van der Waals surface area contributed by atoms with Crippen LogP contribution < -0.4 is 11.1 Å². The van der Waals surface area contributed by atoms with E-state index in [1.807, 2.05) is 6.92 Å². The Kier molecular flexibility index (Phi) is 6.41. The molecule has 0 aliphatic carbocycles. The highest BCUT2D eigenvalue weighted by Crippen LogP contribution is 2.15. The predicted octanol–water partition coefficient (Wildman–Crippen LogP) is 1.62. The Bertz CT molecular complexity index is 403. The fourth-order valence-corrected chi connectivity index (χ4v) is 2.24. The summed E-state index contributed by atoms with van der Waals surface area (Å²) in [4.78, 5) is 18.3. The van der Waals surface area contributed by atoms with E-state index in [9.17, 15) is 4.79 Å². The molecule has 19 heavy (non-hydrogen) atoms. The number of carbonyl (C=O) groups is 1. The van der Waals surface area contributed by atoms with E-state index in [1.54, 1.807) is 5.38 Å². The molecule has 0 spiro atoms. The number of aromatic nitrogens is 1. The second-order valence-electron chi connectivity index (χ2n) is 5.04. The maximum absolute atomic E-state index is 11.8. The van der Waals surface area contributed by atoms with E-state index >= 15 is 0 Å². The minimum atomic E-state index is -0.119. The molecular formula is C13H24N4OS. The van der Waals surface area contributed by atoms with E-state index < -0.39 is 0 Å². The number of nitrogens with zero attached hydrogens (tertiary/aromatic N) is 2. The molecule has 1 aromatic heterocycles. The van der Waals surface area contributed by atoms with Gasteiger partial charge >= 0.3 is 0 Å². The molecule has 0 saturated heterocycles. The highest BCUT2D eigenvalue weighted by Gasteiger charge is 2.12. The SMILES string of the molecule is CC(N)c1nc(C(=O)NCCCN(C)C(C)C)cs1. The van der Waals surface area contributed by atoms with Gasteiger partial charge in [-0.3, -0.25) is 4.79 Å². The molecule has 0 saturated carbocycles. The molecule has 1 aromatic rings. The van der Waals surface area contributed by atoms with Crippen molar-refractivity contribution in [2.75, 3.05) is 20.1 Å². The van der Waals surface area contributed by atoms with E-state index in [0.717, 1.165) is 18.0 Å². The summed E-state index contributed by atoms with van der Waals surface area (Å²) in [6.07, 6.45) is 0.935. The summed E-state index contributed by atoms with van der Waals surface area (Å²) in [5, 5.41) is 5.44. The number of nitrogens with one attached hydrogen (secondary N) is 1. The Morgan fingerprint density at radius 1 is 1.53 bits per heavy atom. The van der Waals surface area contributed by atoms with Crippen molar-refractivity contribution < 1.29 is 4.79 Å². The number of hydrogen-bond donors (Lipinski definition) is 2. The molecule has 0 aliphatic heterocycles. The van der Waals surface area contributed by atoms with Crippen molar-refractivity contribution in [3.63, 3.8) is 0 Å². The maximum Gasteiger partial charge on any atom is 0.270 e. The van der Waals surface area contributed by atoms with Crippen molar-refractivity contribution >= 4 is 17.2 Å². The molecule has 0 aliphatic rings. The van der Waals surface area contributed by atoms with Crippen LogP contribution in [0.4, 0.5) is 0 Å². The lowest BCUT2D eigenvalue weighted by Crippen LogP contribution is -2.31. The van der Waals surface area contributed by atoms with Crippen molar-refractivity contribution in [1.29, 1.82) is 0 Å². The molecule has 0 bridgehead atoms. The number of nitrogens with two attached hydrogens (primary N) is 1. The zero-order valence-corrected chi connectivity index (χ0v) is 13.0. The third-order valence-corrected chi connectivity index (χ3v) is 4.04. The average molecular weight is 284 g/mol. The Hall–Kier alpha value is -0.980. The largest absolute Gasteiger partial charge is 0.351 e. The lowest BCUT2D eigenvalue weighted by atomic mass is 10.3. The number of hydrogen-bond acceptors (Lipinski definition) is 5. The first-order chi connectivity index (χ1) is 8.91. The average Bonchev–Trinajstić information content (AvgIpc) is 2.83. The van der Waals surface area contributed by atoms with E-state index in [4.69, 9.17) is 5.73 Å². The molecule has 1 unspecified atom stereocenters. The summed E-state index contributed by atoms with van der Waals surface area (Å²) in [5.41, 5.74) is 6.19. The van der Waals surface area contributed by atoms with Crippen LogP contribution in [0.2, 0.25) is 0 Å². The van der Waals surface area contributed by atoms with Gasteiger partial charge in [-0.15, -0.1) is 11.3 Å². The second-order valence-corrected chi connectivity index (χ2v) is 5.93. The Morgan fingerprint density at radius 3 is 2.74 bits per heavy atom. The molecule has 1 rings (SSSR count). The number of rotatable bonds is 7. The van der Waals surface area contributed by atoms with Crippen molar-refractivity contribution in [3.8, 4) is 0 Å². The highest BCUT2D eigenvalue weighted by molar-refractivity contribution is 7.09. The fraction of sp³-hybridized carbons (Fsp3) is 0.692. The predicted molar refractivity (Wildman–Crippen MR) is 79.4 cm³/mol. The summed E-state index contributed by atoms with van der Waals surface area (Å²) in [6.45, 7) is 7.82. The van der Waals surface area contributed by atoms with Crippen LogP contribution in [0.25, 0.3) is 0 Å². The third kappa shape index (κ3) is 5.26. The van der Waals surface area contributed by atoms with Crippen LogP contribution in [0, 0.1) is 0 Å².